The number of pyridine rings is 2. The van der Waals surface area contributed by atoms with Gasteiger partial charge in [-0.1, -0.05) is 43.3 Å². The van der Waals surface area contributed by atoms with E-state index in [1.807, 2.05) is 66.4 Å². The van der Waals surface area contributed by atoms with Gasteiger partial charge in [-0.3, -0.25) is 19.9 Å². The van der Waals surface area contributed by atoms with Gasteiger partial charge >= 0.3 is 6.09 Å². The SMILES string of the molecule is C[C@H]1CN(c2ccncc2CC(=O)c2nc3cc(N4CCN(C)C(=O)C4)ccc3cc2NC(=O)OCc2ccccc2)C[C@@H](N)[C@@H]1O. The molecule has 4 aromatic rings. The van der Waals surface area contributed by atoms with Crippen LogP contribution in [0.2, 0.25) is 0 Å². The van der Waals surface area contributed by atoms with Gasteiger partial charge in [-0.25, -0.2) is 9.78 Å². The molecule has 0 aliphatic carbocycles. The predicted octanol–water partition coefficient (Wildman–Crippen LogP) is 3.23. The first-order valence-electron chi connectivity index (χ1n) is 15.7. The number of benzene rings is 2. The maximum Gasteiger partial charge on any atom is 0.412 e. The number of aliphatic hydroxyl groups excluding tert-OH is 1. The lowest BCUT2D eigenvalue weighted by atomic mass is 9.92. The van der Waals surface area contributed by atoms with E-state index in [2.05, 4.69) is 15.2 Å². The molecule has 0 bridgehead atoms. The molecule has 244 valence electrons. The summed E-state index contributed by atoms with van der Waals surface area (Å²) in [5.41, 5.74) is 10.2. The van der Waals surface area contributed by atoms with Gasteiger partial charge in [0.2, 0.25) is 5.91 Å². The van der Waals surface area contributed by atoms with Crippen LogP contribution in [0.1, 0.15) is 28.5 Å². The van der Waals surface area contributed by atoms with E-state index in [9.17, 15) is 19.5 Å². The molecule has 2 saturated heterocycles. The number of likely N-dealkylation sites (N-methyl/N-ethyl adjacent to an activating group) is 1. The van der Waals surface area contributed by atoms with Gasteiger partial charge in [0.25, 0.3) is 0 Å². The second kappa shape index (κ2) is 13.7. The Morgan fingerprint density at radius 3 is 2.64 bits per heavy atom. The number of piperazine rings is 1. The van der Waals surface area contributed by atoms with Crippen molar-refractivity contribution in [3.05, 3.63) is 89.9 Å². The Hall–Kier alpha value is -5.07. The lowest BCUT2D eigenvalue weighted by molar-refractivity contribution is -0.129. The maximum atomic E-state index is 14.1. The number of ether oxygens (including phenoxy) is 1. The highest BCUT2D eigenvalue weighted by Crippen LogP contribution is 2.30. The third kappa shape index (κ3) is 7.18. The number of carbonyl (C=O) groups is 3. The van der Waals surface area contributed by atoms with E-state index in [0.29, 0.717) is 42.6 Å². The number of nitrogens with one attached hydrogen (secondary N) is 1. The summed E-state index contributed by atoms with van der Waals surface area (Å²) >= 11 is 0. The van der Waals surface area contributed by atoms with E-state index in [1.165, 1.54) is 0 Å². The fourth-order valence-corrected chi connectivity index (χ4v) is 6.14. The van der Waals surface area contributed by atoms with Gasteiger partial charge in [0.15, 0.2) is 5.78 Å². The Bertz CT molecular complexity index is 1770. The molecular weight excluding hydrogens is 598 g/mol. The summed E-state index contributed by atoms with van der Waals surface area (Å²) in [5.74, 6) is -0.353. The second-order valence-corrected chi connectivity index (χ2v) is 12.3. The summed E-state index contributed by atoms with van der Waals surface area (Å²) < 4.78 is 5.46. The van der Waals surface area contributed by atoms with Gasteiger partial charge in [0.1, 0.15) is 12.3 Å². The quantitative estimate of drug-likeness (QED) is 0.245. The highest BCUT2D eigenvalue weighted by molar-refractivity contribution is 6.06. The number of hydrogen-bond acceptors (Lipinski definition) is 10. The number of amides is 2. The molecule has 0 saturated carbocycles. The molecule has 4 heterocycles. The van der Waals surface area contributed by atoms with Gasteiger partial charge in [0, 0.05) is 86.3 Å². The monoisotopic (exact) mass is 637 g/mol. The number of carbonyl (C=O) groups excluding carboxylic acids is 3. The lowest BCUT2D eigenvalue weighted by Crippen LogP contribution is -2.55. The Morgan fingerprint density at radius 2 is 1.87 bits per heavy atom. The van der Waals surface area contributed by atoms with Crippen molar-refractivity contribution in [3.8, 4) is 0 Å². The first kappa shape index (κ1) is 31.9. The van der Waals surface area contributed by atoms with Crippen LogP contribution in [0, 0.1) is 5.92 Å². The van der Waals surface area contributed by atoms with E-state index >= 15 is 0 Å². The van der Waals surface area contributed by atoms with Gasteiger partial charge in [0.05, 0.1) is 23.9 Å². The minimum absolute atomic E-state index is 0.0274. The molecule has 12 nitrogen and oxygen atoms in total. The molecule has 0 spiro atoms. The average Bonchev–Trinajstić information content (AvgIpc) is 3.07. The number of nitrogens with zero attached hydrogens (tertiary/aromatic N) is 5. The third-order valence-corrected chi connectivity index (χ3v) is 8.87. The van der Waals surface area contributed by atoms with Crippen molar-refractivity contribution in [2.75, 3.05) is 54.9 Å². The average molecular weight is 638 g/mol. The van der Waals surface area contributed by atoms with Crippen molar-refractivity contribution in [1.29, 1.82) is 0 Å². The van der Waals surface area contributed by atoms with E-state index in [-0.39, 0.29) is 48.6 Å². The number of nitrogens with two attached hydrogens (primary N) is 1. The van der Waals surface area contributed by atoms with Crippen molar-refractivity contribution >= 4 is 45.7 Å². The van der Waals surface area contributed by atoms with Crippen molar-refractivity contribution in [2.45, 2.75) is 32.1 Å². The van der Waals surface area contributed by atoms with Gasteiger partial charge in [-0.05, 0) is 29.8 Å². The second-order valence-electron chi connectivity index (χ2n) is 12.3. The Labute approximate surface area is 273 Å². The zero-order valence-corrected chi connectivity index (χ0v) is 26.5. The fraction of sp³-hybridized carbons (Fsp3) is 0.343. The minimum atomic E-state index is -0.714. The zero-order chi connectivity index (χ0) is 33.1. The van der Waals surface area contributed by atoms with Crippen LogP contribution in [-0.4, -0.2) is 89.7 Å². The Morgan fingerprint density at radius 1 is 1.06 bits per heavy atom. The number of hydrogen-bond donors (Lipinski definition) is 3. The van der Waals surface area contributed by atoms with Gasteiger partial charge < -0.3 is 30.3 Å². The van der Waals surface area contributed by atoms with Crippen LogP contribution in [0.3, 0.4) is 0 Å². The summed E-state index contributed by atoms with van der Waals surface area (Å²) in [6.07, 6.45) is 1.96. The van der Waals surface area contributed by atoms with Crippen LogP contribution in [-0.2, 0) is 22.6 Å². The number of anilines is 3. The summed E-state index contributed by atoms with van der Waals surface area (Å²) in [5, 5.41) is 13.9. The van der Waals surface area contributed by atoms with Crippen LogP contribution in [0.5, 0.6) is 0 Å². The van der Waals surface area contributed by atoms with Crippen molar-refractivity contribution in [3.63, 3.8) is 0 Å². The van der Waals surface area contributed by atoms with Crippen LogP contribution in [0.4, 0.5) is 21.9 Å². The molecule has 0 unspecified atom stereocenters. The van der Waals surface area contributed by atoms with Crippen LogP contribution >= 0.6 is 0 Å². The van der Waals surface area contributed by atoms with Crippen molar-refractivity contribution in [2.24, 2.45) is 11.7 Å². The molecule has 4 N–H and O–H groups in total. The normalized spacial score (nSPS) is 20.0. The third-order valence-electron chi connectivity index (χ3n) is 8.87. The predicted molar refractivity (Wildman–Crippen MR) is 179 cm³/mol. The van der Waals surface area contributed by atoms with E-state index in [0.717, 1.165) is 16.9 Å². The minimum Gasteiger partial charge on any atom is -0.444 e. The number of rotatable bonds is 8. The maximum absolute atomic E-state index is 14.1. The molecule has 12 heteroatoms. The lowest BCUT2D eigenvalue weighted by Gasteiger charge is -2.40. The number of aliphatic hydroxyl groups is 1. The molecule has 3 atom stereocenters. The molecule has 6 rings (SSSR count). The van der Waals surface area contributed by atoms with E-state index < -0.39 is 18.2 Å². The Kier molecular flexibility index (Phi) is 9.32. The van der Waals surface area contributed by atoms with Crippen LogP contribution in [0.15, 0.2) is 73.1 Å². The molecule has 2 aromatic heterocycles. The molecule has 2 aliphatic rings. The molecule has 2 aliphatic heterocycles. The van der Waals surface area contributed by atoms with Crippen LogP contribution in [0.25, 0.3) is 10.9 Å². The topological polar surface area (TPSA) is 154 Å². The van der Waals surface area contributed by atoms with Crippen molar-refractivity contribution in [1.82, 2.24) is 14.9 Å². The Balaban J connectivity index is 1.31. The first-order valence-corrected chi connectivity index (χ1v) is 15.7. The fourth-order valence-electron chi connectivity index (χ4n) is 6.14. The van der Waals surface area contributed by atoms with Crippen LogP contribution < -0.4 is 20.9 Å². The summed E-state index contributed by atoms with van der Waals surface area (Å²) in [6, 6.07) is 18.1. The standard InChI is InChI=1S/C35H39N7O5/c1-22-18-42(19-27(36)34(22)45)30-10-11-37-17-25(30)15-31(43)33-29(39-35(46)47-21-23-6-4-3-5-7-23)14-24-8-9-26(16-28(24)38-33)41-13-12-40(2)32(44)20-41/h3-11,14,16-17,22,27,34,45H,12-13,15,18-21,36H2,1-2H3,(H,39,46)/t22-,27+,34+/m0/s1. The number of ketones is 1. The van der Waals surface area contributed by atoms with Crippen molar-refractivity contribution < 1.29 is 24.2 Å². The number of Topliss-reactive ketones (excluding diaryl/α,β-unsaturated/α-hetero) is 1. The number of aromatic nitrogens is 2. The largest absolute Gasteiger partial charge is 0.444 e. The summed E-state index contributed by atoms with van der Waals surface area (Å²) in [7, 11) is 1.79. The number of fused-ring (bicyclic) bond motifs is 1. The zero-order valence-electron chi connectivity index (χ0n) is 26.5. The van der Waals surface area contributed by atoms with Gasteiger partial charge in [-0.15, -0.1) is 0 Å². The smallest absolute Gasteiger partial charge is 0.412 e. The molecule has 2 aromatic carbocycles. The number of piperidine rings is 1. The highest BCUT2D eigenvalue weighted by Gasteiger charge is 2.32. The van der Waals surface area contributed by atoms with E-state index in [4.69, 9.17) is 15.5 Å². The van der Waals surface area contributed by atoms with E-state index in [1.54, 1.807) is 30.4 Å². The molecule has 0 radical (unpaired) electrons. The molecule has 2 fully saturated rings. The highest BCUT2D eigenvalue weighted by atomic mass is 16.5. The van der Waals surface area contributed by atoms with Gasteiger partial charge in [-0.2, -0.15) is 0 Å². The summed E-state index contributed by atoms with van der Waals surface area (Å²) in [6.45, 7) is 4.55. The summed E-state index contributed by atoms with van der Waals surface area (Å²) in [4.78, 5) is 54.3. The first-order chi connectivity index (χ1) is 22.7. The molecule has 2 amide bonds. The molecule has 47 heavy (non-hydrogen) atoms. The molecular formula is C35H39N7O5.